The van der Waals surface area contributed by atoms with Gasteiger partial charge in [-0.1, -0.05) is 6.07 Å². The number of amides is 1. The van der Waals surface area contributed by atoms with Crippen LogP contribution in [0.4, 0.5) is 24.5 Å². The molecule has 2 aromatic rings. The summed E-state index contributed by atoms with van der Waals surface area (Å²) >= 11 is 0. The highest BCUT2D eigenvalue weighted by molar-refractivity contribution is 7.89. The van der Waals surface area contributed by atoms with Gasteiger partial charge in [-0.2, -0.15) is 17.5 Å². The Morgan fingerprint density at radius 2 is 1.65 bits per heavy atom. The van der Waals surface area contributed by atoms with Crippen LogP contribution >= 0.6 is 0 Å². The maximum Gasteiger partial charge on any atom is 0.416 e. The number of alkyl halides is 3. The average Bonchev–Trinajstić information content (AvgIpc) is 2.84. The van der Waals surface area contributed by atoms with E-state index in [-0.39, 0.29) is 29.2 Å². The number of anilines is 2. The molecule has 0 atom stereocenters. The van der Waals surface area contributed by atoms with Gasteiger partial charge in [-0.05, 0) is 55.7 Å². The molecule has 0 bridgehead atoms. The Balaban J connectivity index is 1.68. The quantitative estimate of drug-likeness (QED) is 0.677. The molecule has 7 nitrogen and oxygen atoms in total. The minimum absolute atomic E-state index is 0.00880. The van der Waals surface area contributed by atoms with Crippen molar-refractivity contribution in [2.24, 2.45) is 0 Å². The van der Waals surface area contributed by atoms with Crippen LogP contribution in [0.5, 0.6) is 0 Å². The highest BCUT2D eigenvalue weighted by Gasteiger charge is 2.31. The summed E-state index contributed by atoms with van der Waals surface area (Å²) in [6.07, 6.45) is -1.60. The lowest BCUT2D eigenvalue weighted by atomic mass is 10.1. The van der Waals surface area contributed by atoms with Crippen LogP contribution in [0.25, 0.3) is 0 Å². The molecule has 0 aliphatic carbocycles. The number of hydrogen-bond donors (Lipinski definition) is 1. The number of nitrogens with one attached hydrogen (secondary N) is 1. The first-order chi connectivity index (χ1) is 16.2. The van der Waals surface area contributed by atoms with E-state index in [0.29, 0.717) is 18.9 Å². The molecule has 11 heteroatoms. The Bertz CT molecular complexity index is 1140. The number of piperidine rings is 1. The van der Waals surface area contributed by atoms with Gasteiger partial charge < -0.3 is 15.0 Å². The van der Waals surface area contributed by atoms with Crippen molar-refractivity contribution in [1.29, 1.82) is 0 Å². The topological polar surface area (TPSA) is 79.0 Å². The lowest BCUT2D eigenvalue weighted by Crippen LogP contribution is -2.40. The monoisotopic (exact) mass is 497 g/mol. The van der Waals surface area contributed by atoms with Crippen LogP contribution in [0, 0.1) is 0 Å². The molecule has 0 spiro atoms. The third-order valence-electron chi connectivity index (χ3n) is 5.97. The summed E-state index contributed by atoms with van der Waals surface area (Å²) in [6, 6.07) is 8.69. The summed E-state index contributed by atoms with van der Waals surface area (Å²) in [7, 11) is -3.82. The number of carbonyl (C=O) groups excluding carboxylic acids is 1. The first kappa shape index (κ1) is 24.5. The van der Waals surface area contributed by atoms with Crippen LogP contribution < -0.4 is 10.2 Å². The number of carbonyl (C=O) groups is 1. The van der Waals surface area contributed by atoms with Crippen molar-refractivity contribution < 1.29 is 31.1 Å². The van der Waals surface area contributed by atoms with Gasteiger partial charge in [0, 0.05) is 31.7 Å². The lowest BCUT2D eigenvalue weighted by molar-refractivity contribution is -0.137. The second-order valence-electron chi connectivity index (χ2n) is 8.28. The molecule has 1 N–H and O–H groups in total. The zero-order valence-electron chi connectivity index (χ0n) is 18.5. The van der Waals surface area contributed by atoms with Crippen molar-refractivity contribution >= 4 is 27.3 Å². The molecule has 0 saturated carbocycles. The van der Waals surface area contributed by atoms with Gasteiger partial charge in [0.15, 0.2) is 0 Å². The number of benzene rings is 2. The second-order valence-corrected chi connectivity index (χ2v) is 10.2. The van der Waals surface area contributed by atoms with Gasteiger partial charge in [-0.25, -0.2) is 8.42 Å². The van der Waals surface area contributed by atoms with Crippen LogP contribution in [-0.2, 0) is 20.9 Å². The molecular weight excluding hydrogens is 471 g/mol. The average molecular weight is 498 g/mol. The zero-order chi connectivity index (χ0) is 24.3. The second kappa shape index (κ2) is 9.93. The number of rotatable bonds is 5. The van der Waals surface area contributed by atoms with Crippen LogP contribution in [-0.4, -0.2) is 58.0 Å². The summed E-state index contributed by atoms with van der Waals surface area (Å²) < 4.78 is 72.2. The van der Waals surface area contributed by atoms with Crippen molar-refractivity contribution in [3.8, 4) is 0 Å². The Kier molecular flexibility index (Phi) is 7.15. The van der Waals surface area contributed by atoms with Gasteiger partial charge in [0.25, 0.3) is 5.91 Å². The van der Waals surface area contributed by atoms with E-state index in [0.717, 1.165) is 44.5 Å². The molecule has 0 unspecified atom stereocenters. The molecule has 2 heterocycles. The number of nitrogens with zero attached hydrogens (tertiary/aromatic N) is 2. The van der Waals surface area contributed by atoms with Gasteiger partial charge >= 0.3 is 6.18 Å². The molecule has 2 aliphatic rings. The standard InChI is InChI=1S/C23H26F3N3O4S/c24-23(25,26)18-6-4-5-17(15-18)22(30)27-20-16-19(34(31,32)29-11-13-33-14-12-29)7-8-21(20)28-9-2-1-3-10-28/h4-8,15-16H,1-3,9-14H2,(H,27,30). The van der Waals surface area contributed by atoms with E-state index in [1.54, 1.807) is 6.07 Å². The van der Waals surface area contributed by atoms with E-state index in [2.05, 4.69) is 10.2 Å². The Labute approximate surface area is 196 Å². The predicted octanol–water partition coefficient (Wildman–Crippen LogP) is 3.97. The van der Waals surface area contributed by atoms with E-state index in [1.165, 1.54) is 28.6 Å². The maximum atomic E-state index is 13.2. The molecule has 2 aromatic carbocycles. The summed E-state index contributed by atoms with van der Waals surface area (Å²) in [4.78, 5) is 15.0. The molecule has 0 radical (unpaired) electrons. The molecule has 184 valence electrons. The fourth-order valence-corrected chi connectivity index (χ4v) is 5.59. The van der Waals surface area contributed by atoms with Crippen molar-refractivity contribution in [1.82, 2.24) is 4.31 Å². The van der Waals surface area contributed by atoms with Gasteiger partial charge in [-0.3, -0.25) is 4.79 Å². The third kappa shape index (κ3) is 5.37. The van der Waals surface area contributed by atoms with Crippen molar-refractivity contribution in [2.75, 3.05) is 49.6 Å². The molecule has 0 aromatic heterocycles. The zero-order valence-corrected chi connectivity index (χ0v) is 19.3. The lowest BCUT2D eigenvalue weighted by Gasteiger charge is -2.31. The van der Waals surface area contributed by atoms with E-state index in [9.17, 15) is 26.4 Å². The predicted molar refractivity (Wildman–Crippen MR) is 121 cm³/mol. The van der Waals surface area contributed by atoms with Gasteiger partial charge in [0.1, 0.15) is 0 Å². The molecule has 2 fully saturated rings. The fraction of sp³-hybridized carbons (Fsp3) is 0.435. The van der Waals surface area contributed by atoms with Gasteiger partial charge in [0.2, 0.25) is 10.0 Å². The molecule has 2 aliphatic heterocycles. The van der Waals surface area contributed by atoms with Crippen molar-refractivity contribution in [3.05, 3.63) is 53.6 Å². The molecule has 1 amide bonds. The Morgan fingerprint density at radius 3 is 2.32 bits per heavy atom. The summed E-state index contributed by atoms with van der Waals surface area (Å²) in [6.45, 7) is 2.52. The third-order valence-corrected chi connectivity index (χ3v) is 7.87. The largest absolute Gasteiger partial charge is 0.416 e. The van der Waals surface area contributed by atoms with Crippen molar-refractivity contribution in [2.45, 2.75) is 30.3 Å². The van der Waals surface area contributed by atoms with Crippen LogP contribution in [0.1, 0.15) is 35.2 Å². The Hall–Kier alpha value is -2.63. The van der Waals surface area contributed by atoms with Gasteiger partial charge in [0.05, 0.1) is 35.0 Å². The summed E-state index contributed by atoms with van der Waals surface area (Å²) in [5, 5.41) is 2.66. The minimum atomic E-state index is -4.58. The Morgan fingerprint density at radius 1 is 0.941 bits per heavy atom. The fourth-order valence-electron chi connectivity index (χ4n) is 4.15. The molecule has 2 saturated heterocycles. The molecular formula is C23H26F3N3O4S. The number of sulfonamides is 1. The normalized spacial score (nSPS) is 18.0. The SMILES string of the molecule is O=C(Nc1cc(S(=O)(=O)N2CCOCC2)ccc1N1CCCCC1)c1cccc(C(F)(F)F)c1. The maximum absolute atomic E-state index is 13.2. The van der Waals surface area contributed by atoms with E-state index >= 15 is 0 Å². The number of ether oxygens (including phenoxy) is 1. The number of halogens is 3. The van der Waals surface area contributed by atoms with E-state index < -0.39 is 27.7 Å². The summed E-state index contributed by atoms with van der Waals surface area (Å²) in [5.41, 5.74) is -0.208. The van der Waals surface area contributed by atoms with E-state index in [4.69, 9.17) is 4.74 Å². The van der Waals surface area contributed by atoms with Gasteiger partial charge in [-0.15, -0.1) is 0 Å². The highest BCUT2D eigenvalue weighted by atomic mass is 32.2. The number of hydrogen-bond acceptors (Lipinski definition) is 5. The van der Waals surface area contributed by atoms with Crippen LogP contribution in [0.2, 0.25) is 0 Å². The molecule has 34 heavy (non-hydrogen) atoms. The first-order valence-corrected chi connectivity index (χ1v) is 12.6. The van der Waals surface area contributed by atoms with E-state index in [1.807, 2.05) is 0 Å². The van der Waals surface area contributed by atoms with Crippen LogP contribution in [0.15, 0.2) is 47.4 Å². The smallest absolute Gasteiger partial charge is 0.379 e. The molecule has 4 rings (SSSR count). The van der Waals surface area contributed by atoms with Crippen LogP contribution in [0.3, 0.4) is 0 Å². The minimum Gasteiger partial charge on any atom is -0.379 e. The van der Waals surface area contributed by atoms with Crippen molar-refractivity contribution in [3.63, 3.8) is 0 Å². The number of morpholine rings is 1. The summed E-state index contributed by atoms with van der Waals surface area (Å²) in [5.74, 6) is -0.745. The highest BCUT2D eigenvalue weighted by Crippen LogP contribution is 2.33. The first-order valence-electron chi connectivity index (χ1n) is 11.1.